The smallest absolute Gasteiger partial charge is 0.123 e. The molecule has 4 heteroatoms. The monoisotopic (exact) mass is 420 g/mol. The van der Waals surface area contributed by atoms with Crippen LogP contribution < -0.4 is 0 Å². The van der Waals surface area contributed by atoms with Crippen LogP contribution in [0.15, 0.2) is 42.5 Å². The zero-order valence-corrected chi connectivity index (χ0v) is 19.3. The summed E-state index contributed by atoms with van der Waals surface area (Å²) in [6.07, 6.45) is 0. The van der Waals surface area contributed by atoms with Gasteiger partial charge in [-0.25, -0.2) is 0 Å². The highest BCUT2D eigenvalue weighted by molar-refractivity contribution is 5.57. The minimum absolute atomic E-state index is 0.0193. The standard InChI is InChI=1S/C27H32O4/c1-15-10-18(8-9-22(15)28)26(4,5)20-13-21(24(30)14-23(20)29)27(6,7)19-11-16(2)25(31)17(3)12-19/h8-14,28-31H,1-7H3. The molecule has 0 unspecified atom stereocenters. The van der Waals surface area contributed by atoms with Crippen LogP contribution in [-0.4, -0.2) is 20.4 Å². The van der Waals surface area contributed by atoms with Gasteiger partial charge >= 0.3 is 0 Å². The van der Waals surface area contributed by atoms with Gasteiger partial charge in [0.2, 0.25) is 0 Å². The molecule has 0 heterocycles. The van der Waals surface area contributed by atoms with E-state index in [-0.39, 0.29) is 23.0 Å². The fourth-order valence-electron chi connectivity index (χ4n) is 4.25. The van der Waals surface area contributed by atoms with Gasteiger partial charge in [0.1, 0.15) is 23.0 Å². The third kappa shape index (κ3) is 3.83. The van der Waals surface area contributed by atoms with E-state index in [1.807, 2.05) is 78.8 Å². The molecule has 0 atom stereocenters. The van der Waals surface area contributed by atoms with Gasteiger partial charge in [-0.3, -0.25) is 0 Å². The second-order valence-electron chi connectivity index (χ2n) is 9.60. The molecular formula is C27H32O4. The molecule has 3 aromatic rings. The molecule has 0 saturated heterocycles. The molecule has 0 amide bonds. The lowest BCUT2D eigenvalue weighted by Crippen LogP contribution is -2.23. The molecule has 3 rings (SSSR count). The van der Waals surface area contributed by atoms with E-state index in [1.165, 1.54) is 6.07 Å². The van der Waals surface area contributed by atoms with E-state index in [0.717, 1.165) is 27.8 Å². The van der Waals surface area contributed by atoms with Crippen LogP contribution in [0.25, 0.3) is 0 Å². The SMILES string of the molecule is Cc1cc(C(C)(C)c2cc(C(C)(C)c3cc(C)c(O)c(C)c3)c(O)cc2O)ccc1O. The third-order valence-electron chi connectivity index (χ3n) is 6.59. The van der Waals surface area contributed by atoms with Crippen molar-refractivity contribution in [3.05, 3.63) is 81.4 Å². The summed E-state index contributed by atoms with van der Waals surface area (Å²) >= 11 is 0. The fraction of sp³-hybridized carbons (Fsp3) is 0.333. The Kier molecular flexibility index (Phi) is 5.47. The van der Waals surface area contributed by atoms with Crippen LogP contribution in [0, 0.1) is 20.8 Å². The van der Waals surface area contributed by atoms with Crippen LogP contribution in [0.3, 0.4) is 0 Å². The normalized spacial score (nSPS) is 12.2. The molecule has 0 aliphatic carbocycles. The highest BCUT2D eigenvalue weighted by atomic mass is 16.3. The lowest BCUT2D eigenvalue weighted by Gasteiger charge is -2.32. The van der Waals surface area contributed by atoms with Crippen LogP contribution in [0.4, 0.5) is 0 Å². The summed E-state index contributed by atoms with van der Waals surface area (Å²) < 4.78 is 0. The Labute approximate surface area is 184 Å². The predicted molar refractivity (Wildman–Crippen MR) is 124 cm³/mol. The molecule has 4 nitrogen and oxygen atoms in total. The Morgan fingerprint density at radius 2 is 0.968 bits per heavy atom. The van der Waals surface area contributed by atoms with E-state index in [2.05, 4.69) is 0 Å². The Morgan fingerprint density at radius 1 is 0.516 bits per heavy atom. The number of hydrogen-bond acceptors (Lipinski definition) is 4. The molecule has 0 aromatic heterocycles. The molecule has 31 heavy (non-hydrogen) atoms. The quantitative estimate of drug-likeness (QED) is 0.412. The number of aromatic hydroxyl groups is 4. The number of phenols is 4. The van der Waals surface area contributed by atoms with Crippen molar-refractivity contribution in [2.45, 2.75) is 59.3 Å². The number of rotatable bonds is 4. The van der Waals surface area contributed by atoms with Gasteiger partial charge in [0.25, 0.3) is 0 Å². The van der Waals surface area contributed by atoms with Crippen LogP contribution >= 0.6 is 0 Å². The molecular weight excluding hydrogens is 388 g/mol. The van der Waals surface area contributed by atoms with Gasteiger partial charge < -0.3 is 20.4 Å². The van der Waals surface area contributed by atoms with E-state index in [4.69, 9.17) is 0 Å². The first-order chi connectivity index (χ1) is 14.3. The average molecular weight is 421 g/mol. The van der Waals surface area contributed by atoms with E-state index in [9.17, 15) is 20.4 Å². The lowest BCUT2D eigenvalue weighted by atomic mass is 9.72. The van der Waals surface area contributed by atoms with Crippen molar-refractivity contribution < 1.29 is 20.4 Å². The minimum atomic E-state index is -0.573. The first kappa shape index (κ1) is 22.5. The summed E-state index contributed by atoms with van der Waals surface area (Å²) in [6.45, 7) is 13.6. The first-order valence-corrected chi connectivity index (χ1v) is 10.4. The number of aryl methyl sites for hydroxylation is 3. The van der Waals surface area contributed by atoms with Gasteiger partial charge in [0.15, 0.2) is 0 Å². The van der Waals surface area contributed by atoms with Crippen molar-refractivity contribution >= 4 is 0 Å². The minimum Gasteiger partial charge on any atom is -0.508 e. The molecule has 0 aliphatic rings. The van der Waals surface area contributed by atoms with Crippen molar-refractivity contribution in [1.82, 2.24) is 0 Å². The summed E-state index contributed by atoms with van der Waals surface area (Å²) in [7, 11) is 0. The van der Waals surface area contributed by atoms with Crippen LogP contribution in [0.1, 0.15) is 66.6 Å². The van der Waals surface area contributed by atoms with Gasteiger partial charge in [0.05, 0.1) is 0 Å². The number of benzene rings is 3. The first-order valence-electron chi connectivity index (χ1n) is 10.4. The molecule has 3 aromatic carbocycles. The van der Waals surface area contributed by atoms with Gasteiger partial charge in [0, 0.05) is 28.0 Å². The van der Waals surface area contributed by atoms with Crippen LogP contribution in [0.5, 0.6) is 23.0 Å². The van der Waals surface area contributed by atoms with Gasteiger partial charge in [-0.1, -0.05) is 52.0 Å². The highest BCUT2D eigenvalue weighted by Crippen LogP contribution is 2.46. The summed E-state index contributed by atoms with van der Waals surface area (Å²) in [4.78, 5) is 0. The Hall–Kier alpha value is -3.14. The maximum Gasteiger partial charge on any atom is 0.123 e. The van der Waals surface area contributed by atoms with Crippen LogP contribution in [-0.2, 0) is 10.8 Å². The molecule has 0 spiro atoms. The molecule has 4 N–H and O–H groups in total. The zero-order chi connectivity index (χ0) is 23.3. The van der Waals surface area contributed by atoms with Crippen molar-refractivity contribution in [2.75, 3.05) is 0 Å². The predicted octanol–water partition coefficient (Wildman–Crippen LogP) is 6.09. The molecule has 0 saturated carbocycles. The van der Waals surface area contributed by atoms with E-state index >= 15 is 0 Å². The molecule has 0 aliphatic heterocycles. The average Bonchev–Trinajstić information content (AvgIpc) is 2.67. The molecule has 164 valence electrons. The number of phenolic OH excluding ortho intramolecular Hbond substituents is 4. The Morgan fingerprint density at radius 3 is 1.45 bits per heavy atom. The number of hydrogen-bond donors (Lipinski definition) is 4. The van der Waals surface area contributed by atoms with E-state index < -0.39 is 10.8 Å². The second kappa shape index (κ2) is 7.52. The lowest BCUT2D eigenvalue weighted by molar-refractivity contribution is 0.424. The third-order valence-corrected chi connectivity index (χ3v) is 6.59. The summed E-state index contributed by atoms with van der Waals surface area (Å²) in [6, 6.07) is 12.6. The Bertz CT molecular complexity index is 1130. The molecule has 0 radical (unpaired) electrons. The molecule has 0 fully saturated rings. The van der Waals surface area contributed by atoms with E-state index in [0.29, 0.717) is 11.1 Å². The summed E-state index contributed by atoms with van der Waals surface area (Å²) in [5.74, 6) is 0.548. The summed E-state index contributed by atoms with van der Waals surface area (Å²) in [5.41, 5.74) is 4.47. The van der Waals surface area contributed by atoms with Crippen molar-refractivity contribution in [2.24, 2.45) is 0 Å². The maximum absolute atomic E-state index is 10.8. The molecule has 0 bridgehead atoms. The second-order valence-corrected chi connectivity index (χ2v) is 9.60. The van der Waals surface area contributed by atoms with E-state index in [1.54, 1.807) is 6.07 Å². The van der Waals surface area contributed by atoms with Crippen molar-refractivity contribution in [3.8, 4) is 23.0 Å². The summed E-state index contributed by atoms with van der Waals surface area (Å²) in [5, 5.41) is 41.6. The fourth-order valence-corrected chi connectivity index (χ4v) is 4.25. The largest absolute Gasteiger partial charge is 0.508 e. The topological polar surface area (TPSA) is 80.9 Å². The van der Waals surface area contributed by atoms with Gasteiger partial charge in [-0.05, 0) is 60.7 Å². The van der Waals surface area contributed by atoms with Gasteiger partial charge in [-0.2, -0.15) is 0 Å². The van der Waals surface area contributed by atoms with Gasteiger partial charge in [-0.15, -0.1) is 0 Å². The maximum atomic E-state index is 10.8. The van der Waals surface area contributed by atoms with Crippen LogP contribution in [0.2, 0.25) is 0 Å². The highest BCUT2D eigenvalue weighted by Gasteiger charge is 2.33. The zero-order valence-electron chi connectivity index (χ0n) is 19.3. The van der Waals surface area contributed by atoms with Crippen molar-refractivity contribution in [1.29, 1.82) is 0 Å². The van der Waals surface area contributed by atoms with Crippen molar-refractivity contribution in [3.63, 3.8) is 0 Å². The Balaban J connectivity index is 2.20.